The van der Waals surface area contributed by atoms with E-state index in [0.29, 0.717) is 0 Å². The highest BCUT2D eigenvalue weighted by atomic mass is 14.4. The van der Waals surface area contributed by atoms with E-state index in [-0.39, 0.29) is 0 Å². The molecule has 96 valence electrons. The molecule has 0 aliphatic heterocycles. The highest BCUT2D eigenvalue weighted by Crippen LogP contribution is 2.45. The number of hydrogen-bond donors (Lipinski definition) is 0. The first-order chi connectivity index (χ1) is 7.63. The summed E-state index contributed by atoms with van der Waals surface area (Å²) in [6.07, 6.45) is 13.2. The maximum atomic E-state index is 2.45. The predicted octanol–water partition coefficient (Wildman–Crippen LogP) is 5.81. The Hall–Kier alpha value is 0. The molecule has 0 bridgehead atoms. The molecule has 2 unspecified atom stereocenters. The molecule has 0 heteroatoms. The van der Waals surface area contributed by atoms with Gasteiger partial charge in [-0.1, -0.05) is 66.2 Å². The summed E-state index contributed by atoms with van der Waals surface area (Å²) in [5, 5.41) is 0. The zero-order valence-electron chi connectivity index (χ0n) is 12.0. The Morgan fingerprint density at radius 2 is 1.62 bits per heavy atom. The molecule has 1 saturated carbocycles. The molecule has 0 saturated heterocycles. The second-order valence-electron chi connectivity index (χ2n) is 6.32. The van der Waals surface area contributed by atoms with Gasteiger partial charge in [0.25, 0.3) is 0 Å². The van der Waals surface area contributed by atoms with Crippen LogP contribution in [0.2, 0.25) is 0 Å². The van der Waals surface area contributed by atoms with E-state index in [4.69, 9.17) is 0 Å². The lowest BCUT2D eigenvalue weighted by Gasteiger charge is -2.28. The average molecular weight is 224 g/mol. The van der Waals surface area contributed by atoms with E-state index in [1.807, 2.05) is 0 Å². The van der Waals surface area contributed by atoms with Crippen molar-refractivity contribution in [2.75, 3.05) is 0 Å². The Bertz CT molecular complexity index is 176. The third-order valence-corrected chi connectivity index (χ3v) is 5.40. The minimum Gasteiger partial charge on any atom is -0.0651 e. The summed E-state index contributed by atoms with van der Waals surface area (Å²) in [4.78, 5) is 0. The predicted molar refractivity (Wildman–Crippen MR) is 73.7 cm³/mol. The van der Waals surface area contributed by atoms with Gasteiger partial charge in [0, 0.05) is 0 Å². The molecule has 1 rings (SSSR count). The normalized spacial score (nSPS) is 23.2. The molecule has 1 fully saturated rings. The largest absolute Gasteiger partial charge is 0.0651 e. The minimum absolute atomic E-state index is 0.759. The van der Waals surface area contributed by atoms with Gasteiger partial charge in [-0.2, -0.15) is 0 Å². The summed E-state index contributed by atoms with van der Waals surface area (Å²) in [6.45, 7) is 9.59. The van der Waals surface area contributed by atoms with Gasteiger partial charge >= 0.3 is 0 Å². The fourth-order valence-corrected chi connectivity index (χ4v) is 3.39. The van der Waals surface area contributed by atoms with Crippen LogP contribution in [0.4, 0.5) is 0 Å². The fraction of sp³-hybridized carbons (Fsp3) is 1.00. The first-order valence-corrected chi connectivity index (χ1v) is 7.63. The monoisotopic (exact) mass is 224 g/mol. The van der Waals surface area contributed by atoms with E-state index in [9.17, 15) is 0 Å². The molecule has 0 N–H and O–H groups in total. The Kier molecular flexibility index (Phi) is 5.86. The molecule has 2 atom stereocenters. The van der Waals surface area contributed by atoms with E-state index < -0.39 is 0 Å². The Balaban J connectivity index is 2.23. The number of hydrogen-bond acceptors (Lipinski definition) is 0. The van der Waals surface area contributed by atoms with Gasteiger partial charge in [-0.05, 0) is 36.5 Å². The number of rotatable bonds is 7. The van der Waals surface area contributed by atoms with Crippen molar-refractivity contribution >= 4 is 0 Å². The first kappa shape index (κ1) is 14.1. The summed E-state index contributed by atoms with van der Waals surface area (Å²) in [6, 6.07) is 0. The lowest BCUT2D eigenvalue weighted by Crippen LogP contribution is -2.16. The van der Waals surface area contributed by atoms with Gasteiger partial charge < -0.3 is 0 Å². The average Bonchev–Trinajstić information content (AvgIpc) is 2.77. The Morgan fingerprint density at radius 3 is 2.12 bits per heavy atom. The summed E-state index contributed by atoms with van der Waals surface area (Å²) < 4.78 is 0. The summed E-state index contributed by atoms with van der Waals surface area (Å²) in [7, 11) is 0. The van der Waals surface area contributed by atoms with Crippen LogP contribution < -0.4 is 0 Å². The van der Waals surface area contributed by atoms with Crippen LogP contribution in [0, 0.1) is 17.3 Å². The molecule has 0 radical (unpaired) electrons. The highest BCUT2D eigenvalue weighted by molar-refractivity contribution is 4.83. The molecule has 16 heavy (non-hydrogen) atoms. The second kappa shape index (κ2) is 6.67. The van der Waals surface area contributed by atoms with Gasteiger partial charge in [0.2, 0.25) is 0 Å². The van der Waals surface area contributed by atoms with Crippen LogP contribution in [0.3, 0.4) is 0 Å². The van der Waals surface area contributed by atoms with Crippen molar-refractivity contribution in [3.8, 4) is 0 Å². The quantitative estimate of drug-likeness (QED) is 0.512. The molecule has 0 amide bonds. The van der Waals surface area contributed by atoms with E-state index in [1.54, 1.807) is 0 Å². The third kappa shape index (κ3) is 3.79. The topological polar surface area (TPSA) is 0 Å². The van der Waals surface area contributed by atoms with Gasteiger partial charge in [-0.3, -0.25) is 0 Å². The van der Waals surface area contributed by atoms with Crippen LogP contribution in [-0.2, 0) is 0 Å². The molecule has 0 aromatic carbocycles. The van der Waals surface area contributed by atoms with Crippen molar-refractivity contribution in [1.29, 1.82) is 0 Å². The van der Waals surface area contributed by atoms with Crippen molar-refractivity contribution in [2.24, 2.45) is 17.3 Å². The van der Waals surface area contributed by atoms with Crippen molar-refractivity contribution in [2.45, 2.75) is 85.5 Å². The van der Waals surface area contributed by atoms with Crippen LogP contribution in [0.25, 0.3) is 0 Å². The van der Waals surface area contributed by atoms with Gasteiger partial charge in [-0.25, -0.2) is 0 Å². The minimum atomic E-state index is 0.759. The first-order valence-electron chi connectivity index (χ1n) is 7.63. The highest BCUT2D eigenvalue weighted by Gasteiger charge is 2.31. The lowest BCUT2D eigenvalue weighted by atomic mass is 9.77. The summed E-state index contributed by atoms with van der Waals surface area (Å²) in [5.74, 6) is 1.85. The van der Waals surface area contributed by atoms with Gasteiger partial charge in [-0.15, -0.1) is 0 Å². The van der Waals surface area contributed by atoms with Crippen molar-refractivity contribution in [1.82, 2.24) is 0 Å². The molecule has 0 aromatic heterocycles. The lowest BCUT2D eigenvalue weighted by molar-refractivity contribution is 0.234. The van der Waals surface area contributed by atoms with E-state index >= 15 is 0 Å². The molecule has 0 nitrogen and oxygen atoms in total. The maximum absolute atomic E-state index is 2.45. The van der Waals surface area contributed by atoms with Crippen LogP contribution in [0.5, 0.6) is 0 Å². The smallest absolute Gasteiger partial charge is 0.0300 e. The molecule has 1 aliphatic carbocycles. The van der Waals surface area contributed by atoms with Crippen LogP contribution >= 0.6 is 0 Å². The zero-order valence-corrected chi connectivity index (χ0v) is 12.0. The van der Waals surface area contributed by atoms with Crippen LogP contribution in [0.1, 0.15) is 85.5 Å². The third-order valence-electron chi connectivity index (χ3n) is 5.40. The van der Waals surface area contributed by atoms with Crippen LogP contribution in [0.15, 0.2) is 0 Å². The zero-order chi connectivity index (χ0) is 12.0. The molecule has 0 spiro atoms. The SMILES string of the molecule is CCC(C)C(C)CCCC1(CC)CCCC1. The molecule has 0 aromatic rings. The Morgan fingerprint density at radius 1 is 1.00 bits per heavy atom. The maximum Gasteiger partial charge on any atom is -0.0300 e. The molecular formula is C16H32. The van der Waals surface area contributed by atoms with Gasteiger partial charge in [0.1, 0.15) is 0 Å². The van der Waals surface area contributed by atoms with Crippen molar-refractivity contribution in [3.63, 3.8) is 0 Å². The molecular weight excluding hydrogens is 192 g/mol. The molecule has 1 aliphatic rings. The van der Waals surface area contributed by atoms with Gasteiger partial charge in [0.05, 0.1) is 0 Å². The van der Waals surface area contributed by atoms with Crippen molar-refractivity contribution in [3.05, 3.63) is 0 Å². The van der Waals surface area contributed by atoms with E-state index in [0.717, 1.165) is 17.3 Å². The Labute approximate surface area is 103 Å². The van der Waals surface area contributed by atoms with E-state index in [2.05, 4.69) is 27.7 Å². The summed E-state index contributed by atoms with van der Waals surface area (Å²) >= 11 is 0. The molecule has 0 heterocycles. The summed E-state index contributed by atoms with van der Waals surface area (Å²) in [5.41, 5.74) is 0.759. The van der Waals surface area contributed by atoms with Crippen LogP contribution in [-0.4, -0.2) is 0 Å². The van der Waals surface area contributed by atoms with Crippen molar-refractivity contribution < 1.29 is 0 Å². The van der Waals surface area contributed by atoms with E-state index in [1.165, 1.54) is 57.8 Å². The fourth-order valence-electron chi connectivity index (χ4n) is 3.39. The second-order valence-corrected chi connectivity index (χ2v) is 6.32. The van der Waals surface area contributed by atoms with Gasteiger partial charge in [0.15, 0.2) is 0 Å². The standard InChI is InChI=1S/C16H32/c1-5-14(3)15(4)10-9-13-16(6-2)11-7-8-12-16/h14-15H,5-13H2,1-4H3.